The number of hydrogen-bond donors (Lipinski definition) is 1. The first-order chi connectivity index (χ1) is 8.86. The number of unbranched alkanes of at least 4 members (excludes halogenated alkanes) is 2. The first kappa shape index (κ1) is 13.8. The first-order valence-corrected chi connectivity index (χ1v) is 8.16. The zero-order valence-corrected chi connectivity index (χ0v) is 12.2. The van der Waals surface area contributed by atoms with Crippen molar-refractivity contribution in [3.8, 4) is 5.75 Å². The van der Waals surface area contributed by atoms with E-state index in [-0.39, 0.29) is 0 Å². The molecule has 0 amide bonds. The molecule has 1 aromatic carbocycles. The van der Waals surface area contributed by atoms with Crippen molar-refractivity contribution in [1.82, 2.24) is 5.32 Å². The second kappa shape index (κ2) is 7.05. The highest BCUT2D eigenvalue weighted by atomic mass is 32.2. The van der Waals surface area contributed by atoms with E-state index in [9.17, 15) is 0 Å². The third kappa shape index (κ3) is 3.21. The molecule has 0 saturated carbocycles. The highest BCUT2D eigenvalue weighted by molar-refractivity contribution is 7.98. The average Bonchev–Trinajstić information content (AvgIpc) is 2.43. The van der Waals surface area contributed by atoms with Crippen LogP contribution in [-0.4, -0.2) is 19.4 Å². The van der Waals surface area contributed by atoms with Gasteiger partial charge in [-0.05, 0) is 30.7 Å². The van der Waals surface area contributed by atoms with Gasteiger partial charge < -0.3 is 10.1 Å². The summed E-state index contributed by atoms with van der Waals surface area (Å²) in [5.74, 6) is 1.10. The Morgan fingerprint density at radius 2 is 2.28 bits per heavy atom. The lowest BCUT2D eigenvalue weighted by Gasteiger charge is -2.27. The Morgan fingerprint density at radius 3 is 3.06 bits per heavy atom. The van der Waals surface area contributed by atoms with Gasteiger partial charge in [-0.25, -0.2) is 0 Å². The summed E-state index contributed by atoms with van der Waals surface area (Å²) in [7, 11) is 0. The van der Waals surface area contributed by atoms with E-state index < -0.39 is 0 Å². The van der Waals surface area contributed by atoms with Crippen LogP contribution in [0.5, 0.6) is 5.75 Å². The van der Waals surface area contributed by atoms with E-state index in [0.717, 1.165) is 31.7 Å². The van der Waals surface area contributed by atoms with Gasteiger partial charge in [-0.2, -0.15) is 0 Å². The Balaban J connectivity index is 2.07. The van der Waals surface area contributed by atoms with Gasteiger partial charge in [0.05, 0.1) is 12.0 Å². The molecular weight excluding hydrogens is 242 g/mol. The minimum Gasteiger partial charge on any atom is -0.493 e. The Kier molecular flexibility index (Phi) is 5.39. The summed E-state index contributed by atoms with van der Waals surface area (Å²) in [5.41, 5.74) is 2.81. The summed E-state index contributed by atoms with van der Waals surface area (Å²) in [4.78, 5) is 0. The van der Waals surface area contributed by atoms with E-state index in [0.29, 0.717) is 5.37 Å². The molecular formula is C15H23NOS. The molecule has 3 heteroatoms. The SMILES string of the molecule is CCCCCOc1cccc2c1CCNC2SC. The summed E-state index contributed by atoms with van der Waals surface area (Å²) >= 11 is 1.86. The van der Waals surface area contributed by atoms with E-state index >= 15 is 0 Å². The normalized spacial score (nSPS) is 18.4. The standard InChI is InChI=1S/C15H23NOS/c1-3-4-5-11-17-14-8-6-7-13-12(14)9-10-16-15(13)18-2/h6-8,15-16H,3-5,9-11H2,1-2H3. The number of nitrogens with one attached hydrogen (secondary N) is 1. The second-order valence-electron chi connectivity index (χ2n) is 4.70. The van der Waals surface area contributed by atoms with Crippen molar-refractivity contribution in [2.24, 2.45) is 0 Å². The zero-order valence-electron chi connectivity index (χ0n) is 11.4. The summed E-state index contributed by atoms with van der Waals surface area (Å²) in [6.07, 6.45) is 6.89. The molecule has 0 radical (unpaired) electrons. The average molecular weight is 265 g/mol. The minimum absolute atomic E-state index is 0.424. The maximum atomic E-state index is 5.96. The molecule has 1 heterocycles. The van der Waals surface area contributed by atoms with Crippen LogP contribution >= 0.6 is 11.8 Å². The first-order valence-electron chi connectivity index (χ1n) is 6.87. The molecule has 18 heavy (non-hydrogen) atoms. The summed E-state index contributed by atoms with van der Waals surface area (Å²) in [6.45, 7) is 4.12. The Morgan fingerprint density at radius 1 is 1.39 bits per heavy atom. The minimum atomic E-state index is 0.424. The Labute approximate surface area is 114 Å². The van der Waals surface area contributed by atoms with Crippen LogP contribution in [0.2, 0.25) is 0 Å². The number of benzene rings is 1. The molecule has 1 aromatic rings. The van der Waals surface area contributed by atoms with Crippen molar-refractivity contribution in [3.05, 3.63) is 29.3 Å². The topological polar surface area (TPSA) is 21.3 Å². The lowest BCUT2D eigenvalue weighted by atomic mass is 10.00. The van der Waals surface area contributed by atoms with Gasteiger partial charge in [-0.15, -0.1) is 11.8 Å². The predicted molar refractivity (Wildman–Crippen MR) is 79.4 cm³/mol. The van der Waals surface area contributed by atoms with Crippen LogP contribution < -0.4 is 10.1 Å². The van der Waals surface area contributed by atoms with Gasteiger partial charge in [0.25, 0.3) is 0 Å². The molecule has 1 aliphatic rings. The van der Waals surface area contributed by atoms with Gasteiger partial charge in [0.1, 0.15) is 5.75 Å². The van der Waals surface area contributed by atoms with Crippen molar-refractivity contribution >= 4 is 11.8 Å². The molecule has 0 saturated heterocycles. The van der Waals surface area contributed by atoms with Gasteiger partial charge in [0.15, 0.2) is 0 Å². The number of ether oxygens (including phenoxy) is 1. The molecule has 1 N–H and O–H groups in total. The highest BCUT2D eigenvalue weighted by Crippen LogP contribution is 2.35. The van der Waals surface area contributed by atoms with Gasteiger partial charge >= 0.3 is 0 Å². The third-order valence-electron chi connectivity index (χ3n) is 3.40. The van der Waals surface area contributed by atoms with Crippen LogP contribution in [0.25, 0.3) is 0 Å². The summed E-state index contributed by atoms with van der Waals surface area (Å²) in [5, 5.41) is 3.96. The molecule has 2 nitrogen and oxygen atoms in total. The van der Waals surface area contributed by atoms with Crippen molar-refractivity contribution in [1.29, 1.82) is 0 Å². The van der Waals surface area contributed by atoms with Crippen LogP contribution in [0.1, 0.15) is 42.7 Å². The molecule has 1 atom stereocenters. The highest BCUT2D eigenvalue weighted by Gasteiger charge is 2.21. The van der Waals surface area contributed by atoms with E-state index in [1.807, 2.05) is 11.8 Å². The van der Waals surface area contributed by atoms with E-state index in [2.05, 4.69) is 36.7 Å². The molecule has 1 aliphatic heterocycles. The molecule has 0 spiro atoms. The van der Waals surface area contributed by atoms with Crippen molar-refractivity contribution in [2.45, 2.75) is 38.0 Å². The fourth-order valence-corrected chi connectivity index (χ4v) is 3.17. The molecule has 0 bridgehead atoms. The summed E-state index contributed by atoms with van der Waals surface area (Å²) in [6, 6.07) is 6.46. The third-order valence-corrected chi connectivity index (χ3v) is 4.29. The maximum Gasteiger partial charge on any atom is 0.122 e. The lowest BCUT2D eigenvalue weighted by Crippen LogP contribution is -2.28. The Bertz CT molecular complexity index is 381. The lowest BCUT2D eigenvalue weighted by molar-refractivity contribution is 0.301. The van der Waals surface area contributed by atoms with Gasteiger partial charge in [-0.1, -0.05) is 31.9 Å². The van der Waals surface area contributed by atoms with Crippen LogP contribution in [0.15, 0.2) is 18.2 Å². The molecule has 2 rings (SSSR count). The van der Waals surface area contributed by atoms with Gasteiger partial charge in [-0.3, -0.25) is 0 Å². The van der Waals surface area contributed by atoms with Crippen molar-refractivity contribution in [3.63, 3.8) is 0 Å². The maximum absolute atomic E-state index is 5.96. The van der Waals surface area contributed by atoms with Gasteiger partial charge in [0, 0.05) is 12.1 Å². The fourth-order valence-electron chi connectivity index (χ4n) is 2.41. The fraction of sp³-hybridized carbons (Fsp3) is 0.600. The Hall–Kier alpha value is -0.670. The van der Waals surface area contributed by atoms with E-state index in [4.69, 9.17) is 4.74 Å². The zero-order chi connectivity index (χ0) is 12.8. The second-order valence-corrected chi connectivity index (χ2v) is 5.64. The predicted octanol–water partition coefficient (Wildman–Crippen LogP) is 3.76. The molecule has 0 aliphatic carbocycles. The molecule has 100 valence electrons. The molecule has 1 unspecified atom stereocenters. The summed E-state index contributed by atoms with van der Waals surface area (Å²) < 4.78 is 5.96. The van der Waals surface area contributed by atoms with Crippen molar-refractivity contribution < 1.29 is 4.74 Å². The molecule has 0 aromatic heterocycles. The van der Waals surface area contributed by atoms with E-state index in [1.54, 1.807) is 0 Å². The monoisotopic (exact) mass is 265 g/mol. The number of rotatable bonds is 6. The largest absolute Gasteiger partial charge is 0.493 e. The number of fused-ring (bicyclic) bond motifs is 1. The van der Waals surface area contributed by atoms with E-state index in [1.165, 1.54) is 24.0 Å². The molecule has 0 fully saturated rings. The van der Waals surface area contributed by atoms with Crippen LogP contribution in [0.4, 0.5) is 0 Å². The van der Waals surface area contributed by atoms with Crippen molar-refractivity contribution in [2.75, 3.05) is 19.4 Å². The van der Waals surface area contributed by atoms with Crippen LogP contribution in [0, 0.1) is 0 Å². The quantitative estimate of drug-likeness (QED) is 0.791. The van der Waals surface area contributed by atoms with Gasteiger partial charge in [0.2, 0.25) is 0 Å². The van der Waals surface area contributed by atoms with Crippen LogP contribution in [-0.2, 0) is 6.42 Å². The smallest absolute Gasteiger partial charge is 0.122 e. The number of thioether (sulfide) groups is 1. The number of hydrogen-bond acceptors (Lipinski definition) is 3. The van der Waals surface area contributed by atoms with Crippen LogP contribution in [0.3, 0.4) is 0 Å².